The smallest absolute Gasteiger partial charge is 0.164 e. The Labute approximate surface area is 573 Å². The highest BCUT2D eigenvalue weighted by atomic mass is 15.1. The number of nitrogens with zero attached hydrogens (tertiary/aromatic N) is 7. The van der Waals surface area contributed by atoms with Gasteiger partial charge in [0.25, 0.3) is 0 Å². The molecule has 0 saturated heterocycles. The number of para-hydroxylation sites is 7. The Bertz CT molecular complexity index is 5920. The molecule has 7 nitrogen and oxygen atoms in total. The van der Waals surface area contributed by atoms with Gasteiger partial charge in [-0.1, -0.05) is 223 Å². The average molecular weight is 1270 g/mol. The number of benzene rings is 12. The highest BCUT2D eigenvalue weighted by Crippen LogP contribution is 2.47. The van der Waals surface area contributed by atoms with Gasteiger partial charge < -0.3 is 18.3 Å². The van der Waals surface area contributed by atoms with Gasteiger partial charge in [-0.2, -0.15) is 0 Å². The van der Waals surface area contributed by atoms with E-state index >= 15 is 0 Å². The summed E-state index contributed by atoms with van der Waals surface area (Å²) in [5.74, 6) is 1.86. The van der Waals surface area contributed by atoms with Crippen molar-refractivity contribution in [3.05, 3.63) is 283 Å². The molecule has 0 amide bonds. The van der Waals surface area contributed by atoms with E-state index < -0.39 is 0 Å². The van der Waals surface area contributed by atoms with Gasteiger partial charge in [-0.3, -0.25) is 0 Å². The van der Waals surface area contributed by atoms with Crippen molar-refractivity contribution in [2.45, 2.75) is 105 Å². The van der Waals surface area contributed by atoms with Crippen LogP contribution in [0.3, 0.4) is 0 Å². The monoisotopic (exact) mass is 1270 g/mol. The average Bonchev–Trinajstić information content (AvgIpc) is 1.57. The standard InChI is InChI=1S/C91H79N7/c1-88(2,3)59-45-57(46-60(50-59)89(4,5)6)86-92-85(93-87(94-86)58-47-61(90(7,8)9)51-62(48-58)91(10,11)12)56-43-44-80(98-79-42-28-23-37-69(79)74-53-72-67-35-20-25-39-76(67)96(82(72)55-84(74)98)64-31-17-14-18-32-64)70(49-56)65-33-21-26-40-77(65)97-78-41-27-22-36-68(78)73-52-71-66-34-19-24-38-75(66)95(81(71)54-83(73)97)63-29-15-13-16-30-63/h13-55H,1-12H3. The second-order valence-electron chi connectivity index (χ2n) is 31.0. The summed E-state index contributed by atoms with van der Waals surface area (Å²) in [6, 6.07) is 96.8. The van der Waals surface area contributed by atoms with Gasteiger partial charge in [0.15, 0.2) is 17.5 Å². The van der Waals surface area contributed by atoms with Gasteiger partial charge >= 0.3 is 0 Å². The van der Waals surface area contributed by atoms with Crippen LogP contribution >= 0.6 is 0 Å². The first kappa shape index (κ1) is 60.5. The van der Waals surface area contributed by atoms with Gasteiger partial charge in [-0.25, -0.2) is 15.0 Å². The summed E-state index contributed by atoms with van der Waals surface area (Å²) in [6.45, 7) is 27.5. The summed E-state index contributed by atoms with van der Waals surface area (Å²) in [6.07, 6.45) is 0. The zero-order valence-electron chi connectivity index (χ0n) is 58.0. The molecule has 0 N–H and O–H groups in total. The van der Waals surface area contributed by atoms with Crippen molar-refractivity contribution >= 4 is 87.2 Å². The molecule has 478 valence electrons. The Morgan fingerprint density at radius 1 is 0.214 bits per heavy atom. The van der Waals surface area contributed by atoms with Crippen molar-refractivity contribution in [3.8, 4) is 68.0 Å². The Morgan fingerprint density at radius 3 is 0.898 bits per heavy atom. The maximum Gasteiger partial charge on any atom is 0.164 e. The maximum atomic E-state index is 5.70. The molecule has 17 aromatic rings. The van der Waals surface area contributed by atoms with E-state index in [2.05, 4.69) is 362 Å². The molecule has 0 aliphatic heterocycles. The van der Waals surface area contributed by atoms with E-state index in [1.807, 2.05) is 0 Å². The highest BCUT2D eigenvalue weighted by Gasteiger charge is 2.29. The quantitative estimate of drug-likeness (QED) is 0.152. The molecule has 12 aromatic carbocycles. The normalized spacial score (nSPS) is 12.7. The number of fused-ring (bicyclic) bond motifs is 12. The number of hydrogen-bond donors (Lipinski definition) is 0. The van der Waals surface area contributed by atoms with Crippen molar-refractivity contribution in [1.29, 1.82) is 0 Å². The second kappa shape index (κ2) is 22.2. The number of hydrogen-bond acceptors (Lipinski definition) is 3. The van der Waals surface area contributed by atoms with Crippen LogP contribution in [0.25, 0.3) is 155 Å². The number of rotatable bonds is 8. The van der Waals surface area contributed by atoms with Gasteiger partial charge in [0.1, 0.15) is 0 Å². The fourth-order valence-electron chi connectivity index (χ4n) is 15.1. The van der Waals surface area contributed by atoms with Crippen molar-refractivity contribution in [3.63, 3.8) is 0 Å². The summed E-state index contributed by atoms with van der Waals surface area (Å²) in [7, 11) is 0. The molecule has 0 spiro atoms. The van der Waals surface area contributed by atoms with E-state index in [0.29, 0.717) is 17.5 Å². The highest BCUT2D eigenvalue weighted by molar-refractivity contribution is 6.21. The molecule has 0 saturated carbocycles. The Morgan fingerprint density at radius 2 is 0.520 bits per heavy atom. The van der Waals surface area contributed by atoms with Gasteiger partial charge in [-0.05, 0) is 165 Å². The van der Waals surface area contributed by atoms with Crippen molar-refractivity contribution in [2.24, 2.45) is 0 Å². The van der Waals surface area contributed by atoms with Crippen LogP contribution in [0, 0.1) is 0 Å². The fraction of sp³-hybridized carbons (Fsp3) is 0.176. The van der Waals surface area contributed by atoms with Gasteiger partial charge in [-0.15, -0.1) is 0 Å². The van der Waals surface area contributed by atoms with Crippen molar-refractivity contribution in [2.75, 3.05) is 0 Å². The lowest BCUT2D eigenvalue weighted by molar-refractivity contribution is 0.568. The van der Waals surface area contributed by atoms with Crippen LogP contribution < -0.4 is 0 Å². The van der Waals surface area contributed by atoms with Gasteiger partial charge in [0.2, 0.25) is 0 Å². The van der Waals surface area contributed by atoms with Crippen LogP contribution in [0.15, 0.2) is 261 Å². The van der Waals surface area contributed by atoms with E-state index in [9.17, 15) is 0 Å². The molecule has 5 aromatic heterocycles. The van der Waals surface area contributed by atoms with Crippen LogP contribution in [0.2, 0.25) is 0 Å². The van der Waals surface area contributed by atoms with Crippen LogP contribution in [0.5, 0.6) is 0 Å². The van der Waals surface area contributed by atoms with E-state index in [1.165, 1.54) is 76.4 Å². The summed E-state index contributed by atoms with van der Waals surface area (Å²) >= 11 is 0. The van der Waals surface area contributed by atoms with E-state index in [0.717, 1.165) is 83.7 Å². The minimum Gasteiger partial charge on any atom is -0.309 e. The lowest BCUT2D eigenvalue weighted by Crippen LogP contribution is -2.17. The van der Waals surface area contributed by atoms with Crippen LogP contribution in [-0.2, 0) is 21.7 Å². The predicted octanol–water partition coefficient (Wildman–Crippen LogP) is 24.1. The summed E-state index contributed by atoms with van der Waals surface area (Å²) in [5, 5.41) is 9.59. The van der Waals surface area contributed by atoms with Gasteiger partial charge in [0, 0.05) is 82.3 Å². The molecule has 98 heavy (non-hydrogen) atoms. The minimum atomic E-state index is -0.144. The van der Waals surface area contributed by atoms with Crippen LogP contribution in [-0.4, -0.2) is 33.2 Å². The topological polar surface area (TPSA) is 58.4 Å². The molecule has 7 heteroatoms. The molecule has 0 atom stereocenters. The predicted molar refractivity (Wildman–Crippen MR) is 414 cm³/mol. The molecular formula is C91H79N7. The molecule has 0 unspecified atom stereocenters. The lowest BCUT2D eigenvalue weighted by Gasteiger charge is -2.26. The van der Waals surface area contributed by atoms with Crippen LogP contribution in [0.1, 0.15) is 105 Å². The van der Waals surface area contributed by atoms with Crippen molar-refractivity contribution < 1.29 is 0 Å². The third kappa shape index (κ3) is 9.95. The van der Waals surface area contributed by atoms with Crippen molar-refractivity contribution in [1.82, 2.24) is 33.2 Å². The largest absolute Gasteiger partial charge is 0.309 e. The second-order valence-corrected chi connectivity index (χ2v) is 31.0. The fourth-order valence-corrected chi connectivity index (χ4v) is 15.1. The SMILES string of the molecule is CC(C)(C)c1cc(-c2nc(-c3cc(C(C)(C)C)cc(C(C)(C)C)c3)nc(-c3ccc(-n4c5ccccc5c5cc6c7ccccc7n(-c7ccccc7)c6cc54)c(-c4ccccc4-n4c5ccccc5c5cc6c7ccccc7n(-c7ccccc7)c6cc54)c3)n2)cc(C(C)(C)C)c1. The molecular weight excluding hydrogens is 1190 g/mol. The first-order valence-corrected chi connectivity index (χ1v) is 34.5. The van der Waals surface area contributed by atoms with Gasteiger partial charge in [0.05, 0.1) is 55.5 Å². The number of aromatic nitrogens is 7. The van der Waals surface area contributed by atoms with E-state index in [-0.39, 0.29) is 21.7 Å². The molecule has 0 radical (unpaired) electrons. The maximum absolute atomic E-state index is 5.70. The molecule has 0 bridgehead atoms. The zero-order chi connectivity index (χ0) is 67.3. The molecule has 0 aliphatic rings. The van der Waals surface area contributed by atoms with Crippen LogP contribution in [0.4, 0.5) is 0 Å². The summed E-state index contributed by atoms with van der Waals surface area (Å²) in [4.78, 5) is 17.0. The third-order valence-electron chi connectivity index (χ3n) is 20.4. The summed E-state index contributed by atoms with van der Waals surface area (Å²) < 4.78 is 9.89. The Hall–Kier alpha value is -11.2. The summed E-state index contributed by atoms with van der Waals surface area (Å²) in [5.41, 5.74) is 22.6. The van der Waals surface area contributed by atoms with E-state index in [4.69, 9.17) is 15.0 Å². The molecule has 0 aliphatic carbocycles. The molecule has 5 heterocycles. The molecule has 17 rings (SSSR count). The first-order chi connectivity index (χ1) is 47.1. The minimum absolute atomic E-state index is 0.144. The lowest BCUT2D eigenvalue weighted by atomic mass is 9.79. The van der Waals surface area contributed by atoms with E-state index in [1.54, 1.807) is 0 Å². The molecule has 0 fully saturated rings. The first-order valence-electron chi connectivity index (χ1n) is 34.5. The Kier molecular flexibility index (Phi) is 13.7. The zero-order valence-corrected chi connectivity index (χ0v) is 58.0. The third-order valence-corrected chi connectivity index (χ3v) is 20.4. The Balaban J connectivity index is 0.988.